The van der Waals surface area contributed by atoms with Crippen LogP contribution in [-0.2, 0) is 6.54 Å². The van der Waals surface area contributed by atoms with Gasteiger partial charge in [-0.3, -0.25) is 9.88 Å². The molecule has 1 saturated heterocycles. The number of pyridine rings is 1. The van der Waals surface area contributed by atoms with Crippen molar-refractivity contribution in [3.8, 4) is 0 Å². The number of nitrogens with zero attached hydrogens (tertiary/aromatic N) is 2. The molecule has 0 spiro atoms. The summed E-state index contributed by atoms with van der Waals surface area (Å²) in [6.07, 6.45) is 1.86. The van der Waals surface area contributed by atoms with Gasteiger partial charge in [-0.1, -0.05) is 6.07 Å². The molecule has 1 aliphatic rings. The molecule has 1 aliphatic heterocycles. The largest absolute Gasteiger partial charge is 0.329 e. The van der Waals surface area contributed by atoms with Crippen LogP contribution in [-0.4, -0.2) is 40.5 Å². The van der Waals surface area contributed by atoms with Crippen LogP contribution in [0.1, 0.15) is 5.69 Å². The molecule has 0 radical (unpaired) electrons. The van der Waals surface area contributed by atoms with Gasteiger partial charge in [0.1, 0.15) is 0 Å². The van der Waals surface area contributed by atoms with Crippen LogP contribution in [0.3, 0.4) is 0 Å². The minimum Gasteiger partial charge on any atom is -0.329 e. The van der Waals surface area contributed by atoms with Gasteiger partial charge in [-0.25, -0.2) is 0 Å². The lowest BCUT2D eigenvalue weighted by Crippen LogP contribution is -2.40. The van der Waals surface area contributed by atoms with Crippen molar-refractivity contribution >= 4 is 11.8 Å². The first-order valence-corrected chi connectivity index (χ1v) is 6.37. The normalized spacial score (nSPS) is 22.9. The van der Waals surface area contributed by atoms with Crippen molar-refractivity contribution < 1.29 is 0 Å². The standard InChI is InChI=1S/C11H17N3S/c12-7-11-9-14(5-6-15-11)8-10-3-1-2-4-13-10/h1-4,11H,5-9,12H2. The molecular formula is C11H17N3S. The third kappa shape index (κ3) is 3.19. The summed E-state index contributed by atoms with van der Waals surface area (Å²) >= 11 is 1.99. The van der Waals surface area contributed by atoms with Crippen LogP contribution >= 0.6 is 11.8 Å². The summed E-state index contributed by atoms with van der Waals surface area (Å²) in [5, 5.41) is 0.600. The molecule has 0 bridgehead atoms. The lowest BCUT2D eigenvalue weighted by atomic mass is 10.3. The second-order valence-corrected chi connectivity index (χ2v) is 5.19. The Labute approximate surface area is 95.1 Å². The number of thioether (sulfide) groups is 1. The maximum atomic E-state index is 5.70. The number of aromatic nitrogens is 1. The van der Waals surface area contributed by atoms with Crippen LogP contribution in [0.5, 0.6) is 0 Å². The van der Waals surface area contributed by atoms with E-state index in [0.29, 0.717) is 5.25 Å². The van der Waals surface area contributed by atoms with Gasteiger partial charge in [-0.2, -0.15) is 11.8 Å². The molecular weight excluding hydrogens is 206 g/mol. The van der Waals surface area contributed by atoms with Crippen LogP contribution in [0.4, 0.5) is 0 Å². The Bertz CT molecular complexity index is 291. The Kier molecular flexibility index (Phi) is 4.00. The monoisotopic (exact) mass is 223 g/mol. The summed E-state index contributed by atoms with van der Waals surface area (Å²) in [5.74, 6) is 1.19. The average molecular weight is 223 g/mol. The molecule has 0 aromatic carbocycles. The lowest BCUT2D eigenvalue weighted by molar-refractivity contribution is 0.272. The number of rotatable bonds is 3. The van der Waals surface area contributed by atoms with Gasteiger partial charge < -0.3 is 5.73 Å². The average Bonchev–Trinajstić information content (AvgIpc) is 2.31. The summed E-state index contributed by atoms with van der Waals surface area (Å²) in [6, 6.07) is 6.08. The molecule has 15 heavy (non-hydrogen) atoms. The number of nitrogens with two attached hydrogens (primary N) is 1. The van der Waals surface area contributed by atoms with E-state index in [1.54, 1.807) is 0 Å². The number of hydrogen-bond acceptors (Lipinski definition) is 4. The topological polar surface area (TPSA) is 42.1 Å². The smallest absolute Gasteiger partial charge is 0.0543 e. The second kappa shape index (κ2) is 5.49. The van der Waals surface area contributed by atoms with Crippen molar-refractivity contribution in [3.05, 3.63) is 30.1 Å². The molecule has 0 amide bonds. The minimum absolute atomic E-state index is 0.600. The minimum atomic E-state index is 0.600. The molecule has 0 aliphatic carbocycles. The van der Waals surface area contributed by atoms with Gasteiger partial charge in [0.05, 0.1) is 5.69 Å². The number of hydrogen-bond donors (Lipinski definition) is 1. The maximum Gasteiger partial charge on any atom is 0.0543 e. The zero-order valence-electron chi connectivity index (χ0n) is 8.80. The van der Waals surface area contributed by atoms with E-state index in [2.05, 4.69) is 16.0 Å². The summed E-state index contributed by atoms with van der Waals surface area (Å²) in [6.45, 7) is 3.98. The van der Waals surface area contributed by atoms with E-state index in [1.807, 2.05) is 30.1 Å². The van der Waals surface area contributed by atoms with E-state index in [1.165, 1.54) is 5.75 Å². The van der Waals surface area contributed by atoms with Gasteiger partial charge in [0.2, 0.25) is 0 Å². The molecule has 1 atom stereocenters. The molecule has 2 rings (SSSR count). The Morgan fingerprint density at radius 2 is 2.47 bits per heavy atom. The fourth-order valence-corrected chi connectivity index (χ4v) is 2.94. The first-order valence-electron chi connectivity index (χ1n) is 5.32. The van der Waals surface area contributed by atoms with Crippen molar-refractivity contribution in [2.24, 2.45) is 5.73 Å². The van der Waals surface area contributed by atoms with Gasteiger partial charge in [0.25, 0.3) is 0 Å². The Hall–Kier alpha value is -0.580. The highest BCUT2D eigenvalue weighted by Crippen LogP contribution is 2.18. The van der Waals surface area contributed by atoms with E-state index < -0.39 is 0 Å². The molecule has 2 N–H and O–H groups in total. The molecule has 3 nitrogen and oxygen atoms in total. The lowest BCUT2D eigenvalue weighted by Gasteiger charge is -2.31. The van der Waals surface area contributed by atoms with E-state index in [9.17, 15) is 0 Å². The summed E-state index contributed by atoms with van der Waals surface area (Å²) in [7, 11) is 0. The van der Waals surface area contributed by atoms with E-state index in [-0.39, 0.29) is 0 Å². The molecule has 1 unspecified atom stereocenters. The second-order valence-electron chi connectivity index (χ2n) is 3.78. The van der Waals surface area contributed by atoms with Gasteiger partial charge in [0.15, 0.2) is 0 Å². The van der Waals surface area contributed by atoms with Crippen LogP contribution < -0.4 is 5.73 Å². The quantitative estimate of drug-likeness (QED) is 0.829. The SMILES string of the molecule is NCC1CN(Cc2ccccn2)CCS1. The van der Waals surface area contributed by atoms with Gasteiger partial charge >= 0.3 is 0 Å². The molecule has 1 fully saturated rings. The maximum absolute atomic E-state index is 5.70. The molecule has 82 valence electrons. The van der Waals surface area contributed by atoms with Crippen LogP contribution in [0, 0.1) is 0 Å². The van der Waals surface area contributed by atoms with Gasteiger partial charge in [-0.15, -0.1) is 0 Å². The third-order valence-electron chi connectivity index (χ3n) is 2.60. The van der Waals surface area contributed by atoms with E-state index >= 15 is 0 Å². The summed E-state index contributed by atoms with van der Waals surface area (Å²) in [4.78, 5) is 6.78. The molecule has 1 aromatic rings. The third-order valence-corrected chi connectivity index (χ3v) is 3.83. The van der Waals surface area contributed by atoms with Crippen molar-refractivity contribution in [1.29, 1.82) is 0 Å². The van der Waals surface area contributed by atoms with E-state index in [0.717, 1.165) is 31.9 Å². The Morgan fingerprint density at radius 1 is 1.53 bits per heavy atom. The first kappa shape index (κ1) is 10.9. The Balaban J connectivity index is 1.89. The molecule has 2 heterocycles. The predicted molar refractivity (Wildman–Crippen MR) is 64.8 cm³/mol. The highest BCUT2D eigenvalue weighted by molar-refractivity contribution is 8.00. The predicted octanol–water partition coefficient (Wildman–Crippen LogP) is 0.958. The highest BCUT2D eigenvalue weighted by atomic mass is 32.2. The van der Waals surface area contributed by atoms with Crippen molar-refractivity contribution in [2.45, 2.75) is 11.8 Å². The van der Waals surface area contributed by atoms with Crippen molar-refractivity contribution in [1.82, 2.24) is 9.88 Å². The zero-order chi connectivity index (χ0) is 10.5. The summed E-state index contributed by atoms with van der Waals surface area (Å²) in [5.41, 5.74) is 6.85. The van der Waals surface area contributed by atoms with Crippen LogP contribution in [0.2, 0.25) is 0 Å². The van der Waals surface area contributed by atoms with Gasteiger partial charge in [-0.05, 0) is 12.1 Å². The fourth-order valence-electron chi connectivity index (χ4n) is 1.79. The summed E-state index contributed by atoms with van der Waals surface area (Å²) < 4.78 is 0. The molecule has 1 aromatic heterocycles. The fraction of sp³-hybridized carbons (Fsp3) is 0.545. The van der Waals surface area contributed by atoms with Gasteiger partial charge in [0, 0.05) is 43.4 Å². The van der Waals surface area contributed by atoms with Crippen LogP contribution in [0.15, 0.2) is 24.4 Å². The molecule has 4 heteroatoms. The zero-order valence-corrected chi connectivity index (χ0v) is 9.62. The first-order chi connectivity index (χ1) is 7.38. The van der Waals surface area contributed by atoms with Crippen molar-refractivity contribution in [3.63, 3.8) is 0 Å². The Morgan fingerprint density at radius 3 is 3.20 bits per heavy atom. The van der Waals surface area contributed by atoms with Crippen molar-refractivity contribution in [2.75, 3.05) is 25.4 Å². The van der Waals surface area contributed by atoms with Crippen LogP contribution in [0.25, 0.3) is 0 Å². The highest BCUT2D eigenvalue weighted by Gasteiger charge is 2.19. The van der Waals surface area contributed by atoms with E-state index in [4.69, 9.17) is 5.73 Å². The molecule has 0 saturated carbocycles.